The molecule has 1 amide bonds. The number of fused-ring (bicyclic) bond motifs is 1. The zero-order chi connectivity index (χ0) is 14.8. The van der Waals surface area contributed by atoms with Crippen molar-refractivity contribution in [2.24, 2.45) is 5.73 Å². The maximum Gasteiger partial charge on any atom is 0.269 e. The van der Waals surface area contributed by atoms with Crippen LogP contribution in [0, 0.1) is 0 Å². The Labute approximate surface area is 121 Å². The van der Waals surface area contributed by atoms with Crippen LogP contribution in [0.2, 0.25) is 0 Å². The quantitative estimate of drug-likeness (QED) is 0.810. The minimum absolute atomic E-state index is 0.0979. The molecular weight excluding hydrogens is 272 g/mol. The van der Waals surface area contributed by atoms with Crippen LogP contribution < -0.4 is 10.6 Å². The zero-order valence-corrected chi connectivity index (χ0v) is 11.5. The van der Waals surface area contributed by atoms with Crippen molar-refractivity contribution in [1.82, 2.24) is 9.78 Å². The second-order valence-electron chi connectivity index (χ2n) is 4.86. The highest BCUT2D eigenvalue weighted by Gasteiger charge is 2.17. The van der Waals surface area contributed by atoms with Gasteiger partial charge in [-0.2, -0.15) is 5.10 Å². The Bertz CT molecular complexity index is 689. The van der Waals surface area contributed by atoms with Crippen molar-refractivity contribution >= 4 is 28.8 Å². The van der Waals surface area contributed by atoms with Gasteiger partial charge in [-0.05, 0) is 18.2 Å². The second-order valence-corrected chi connectivity index (χ2v) is 4.86. The number of nitrogens with two attached hydrogens (primary N) is 1. The summed E-state index contributed by atoms with van der Waals surface area (Å²) in [4.78, 5) is 24.4. The first kappa shape index (κ1) is 13.6. The number of hydrogen-bond donors (Lipinski definition) is 1. The van der Waals surface area contributed by atoms with E-state index >= 15 is 0 Å². The van der Waals surface area contributed by atoms with Crippen molar-refractivity contribution in [3.63, 3.8) is 0 Å². The van der Waals surface area contributed by atoms with Crippen molar-refractivity contribution in [1.29, 1.82) is 0 Å². The smallest absolute Gasteiger partial charge is 0.269 e. The van der Waals surface area contributed by atoms with E-state index in [-0.39, 0.29) is 12.2 Å². The molecule has 0 radical (unpaired) electrons. The Hall–Kier alpha value is -2.41. The molecule has 7 nitrogen and oxygen atoms in total. The molecule has 0 unspecified atom stereocenters. The van der Waals surface area contributed by atoms with E-state index in [1.165, 1.54) is 4.68 Å². The highest BCUT2D eigenvalue weighted by molar-refractivity contribution is 6.05. The topological polar surface area (TPSA) is 90.5 Å². The monoisotopic (exact) mass is 288 g/mol. The van der Waals surface area contributed by atoms with E-state index in [1.54, 1.807) is 0 Å². The molecule has 0 aliphatic carbocycles. The van der Waals surface area contributed by atoms with Crippen LogP contribution in [0.1, 0.15) is 10.5 Å². The van der Waals surface area contributed by atoms with Crippen LogP contribution in [0.25, 0.3) is 10.9 Å². The highest BCUT2D eigenvalue weighted by atomic mass is 16.5. The Morgan fingerprint density at radius 2 is 2.14 bits per heavy atom. The number of nitrogens with zero attached hydrogens (tertiary/aromatic N) is 3. The van der Waals surface area contributed by atoms with E-state index < -0.39 is 5.91 Å². The molecule has 21 heavy (non-hydrogen) atoms. The number of aromatic nitrogens is 2. The number of carbonyl (C=O) groups is 2. The minimum Gasteiger partial charge on any atom is -0.378 e. The lowest BCUT2D eigenvalue weighted by Crippen LogP contribution is -2.36. The third-order valence-electron chi connectivity index (χ3n) is 3.59. The molecule has 110 valence electrons. The molecule has 1 aliphatic rings. The van der Waals surface area contributed by atoms with Gasteiger partial charge in [-0.15, -0.1) is 0 Å². The number of anilines is 1. The number of primary amides is 1. The third kappa shape index (κ3) is 2.47. The fourth-order valence-corrected chi connectivity index (χ4v) is 2.58. The number of rotatable bonds is 4. The molecule has 1 fully saturated rings. The van der Waals surface area contributed by atoms with E-state index in [4.69, 9.17) is 10.5 Å². The van der Waals surface area contributed by atoms with Gasteiger partial charge in [0, 0.05) is 24.2 Å². The standard InChI is InChI=1S/C14H16N4O3/c15-14(20)13-11-9-10(17-4-7-21-8-5-17)1-2-12(11)18(16-13)3-6-19/h1-2,6,9H,3-5,7-8H2,(H2,15,20). The first-order valence-corrected chi connectivity index (χ1v) is 6.77. The summed E-state index contributed by atoms with van der Waals surface area (Å²) in [6.45, 7) is 3.08. The van der Waals surface area contributed by atoms with Crippen LogP contribution in [0.3, 0.4) is 0 Å². The first-order valence-electron chi connectivity index (χ1n) is 6.77. The van der Waals surface area contributed by atoms with E-state index in [0.717, 1.165) is 30.6 Å². The van der Waals surface area contributed by atoms with E-state index in [1.807, 2.05) is 18.2 Å². The van der Waals surface area contributed by atoms with Gasteiger partial charge in [0.05, 0.1) is 25.3 Å². The van der Waals surface area contributed by atoms with E-state index in [0.29, 0.717) is 18.6 Å². The van der Waals surface area contributed by atoms with Crippen molar-refractivity contribution in [3.8, 4) is 0 Å². The van der Waals surface area contributed by atoms with E-state index in [9.17, 15) is 9.59 Å². The predicted octanol–water partition coefficient (Wildman–Crippen LogP) is 0.171. The van der Waals surface area contributed by atoms with Crippen LogP contribution in [-0.2, 0) is 16.1 Å². The number of ether oxygens (including phenoxy) is 1. The SMILES string of the molecule is NC(=O)c1nn(CC=O)c2ccc(N3CCOCC3)cc12. The van der Waals surface area contributed by atoms with Gasteiger partial charge in [0.2, 0.25) is 0 Å². The van der Waals surface area contributed by atoms with Gasteiger partial charge in [0.1, 0.15) is 6.29 Å². The van der Waals surface area contributed by atoms with Gasteiger partial charge in [0.25, 0.3) is 5.91 Å². The average Bonchev–Trinajstić information content (AvgIpc) is 2.87. The fourth-order valence-electron chi connectivity index (χ4n) is 2.58. The molecule has 0 spiro atoms. The summed E-state index contributed by atoms with van der Waals surface area (Å²) in [6, 6.07) is 5.72. The molecular formula is C14H16N4O3. The van der Waals surface area contributed by atoms with Crippen molar-refractivity contribution in [2.45, 2.75) is 6.54 Å². The maximum atomic E-state index is 11.5. The minimum atomic E-state index is -0.594. The molecule has 1 aromatic carbocycles. The first-order chi connectivity index (χ1) is 10.2. The van der Waals surface area contributed by atoms with Crippen LogP contribution in [-0.4, -0.2) is 48.3 Å². The van der Waals surface area contributed by atoms with Crippen LogP contribution >= 0.6 is 0 Å². The Morgan fingerprint density at radius 1 is 1.38 bits per heavy atom. The molecule has 0 atom stereocenters. The van der Waals surface area contributed by atoms with Gasteiger partial charge in [-0.3, -0.25) is 9.48 Å². The summed E-state index contributed by atoms with van der Waals surface area (Å²) in [6.07, 6.45) is 0.743. The Morgan fingerprint density at radius 3 is 2.81 bits per heavy atom. The molecule has 2 heterocycles. The second kappa shape index (κ2) is 5.53. The molecule has 0 bridgehead atoms. The van der Waals surface area contributed by atoms with E-state index in [2.05, 4.69) is 10.00 Å². The summed E-state index contributed by atoms with van der Waals surface area (Å²) in [5, 5.41) is 4.81. The summed E-state index contributed by atoms with van der Waals surface area (Å²) >= 11 is 0. The number of hydrogen-bond acceptors (Lipinski definition) is 5. The highest BCUT2D eigenvalue weighted by Crippen LogP contribution is 2.25. The van der Waals surface area contributed by atoms with Gasteiger partial charge in [-0.25, -0.2) is 0 Å². The van der Waals surface area contributed by atoms with Gasteiger partial charge in [0.15, 0.2) is 5.69 Å². The molecule has 2 N–H and O–H groups in total. The fraction of sp³-hybridized carbons (Fsp3) is 0.357. The molecule has 0 saturated carbocycles. The predicted molar refractivity (Wildman–Crippen MR) is 77.3 cm³/mol. The normalized spacial score (nSPS) is 15.3. The van der Waals surface area contributed by atoms with Gasteiger partial charge in [-0.1, -0.05) is 0 Å². The Kier molecular flexibility index (Phi) is 3.57. The molecule has 2 aromatic rings. The number of morpholine rings is 1. The lowest BCUT2D eigenvalue weighted by atomic mass is 10.1. The number of benzene rings is 1. The molecule has 7 heteroatoms. The van der Waals surface area contributed by atoms with Crippen LogP contribution in [0.4, 0.5) is 5.69 Å². The van der Waals surface area contributed by atoms with Crippen molar-refractivity contribution in [3.05, 3.63) is 23.9 Å². The lowest BCUT2D eigenvalue weighted by Gasteiger charge is -2.28. The molecule has 1 aliphatic heterocycles. The van der Waals surface area contributed by atoms with Gasteiger partial charge >= 0.3 is 0 Å². The number of aldehydes is 1. The van der Waals surface area contributed by atoms with Crippen LogP contribution in [0.15, 0.2) is 18.2 Å². The van der Waals surface area contributed by atoms with Crippen molar-refractivity contribution in [2.75, 3.05) is 31.2 Å². The summed E-state index contributed by atoms with van der Waals surface area (Å²) in [5.74, 6) is -0.594. The lowest BCUT2D eigenvalue weighted by molar-refractivity contribution is -0.108. The van der Waals surface area contributed by atoms with Crippen molar-refractivity contribution < 1.29 is 14.3 Å². The zero-order valence-electron chi connectivity index (χ0n) is 11.5. The molecule has 1 saturated heterocycles. The summed E-state index contributed by atoms with van der Waals surface area (Å²) in [5.41, 5.74) is 7.31. The summed E-state index contributed by atoms with van der Waals surface area (Å²) < 4.78 is 6.83. The van der Waals surface area contributed by atoms with Gasteiger partial charge < -0.3 is 20.2 Å². The summed E-state index contributed by atoms with van der Waals surface area (Å²) in [7, 11) is 0. The number of carbonyl (C=O) groups excluding carboxylic acids is 2. The molecule has 3 rings (SSSR count). The third-order valence-corrected chi connectivity index (χ3v) is 3.59. The largest absolute Gasteiger partial charge is 0.378 e. The maximum absolute atomic E-state index is 11.5. The average molecular weight is 288 g/mol. The van der Waals surface area contributed by atoms with Crippen LogP contribution in [0.5, 0.6) is 0 Å². The molecule has 1 aromatic heterocycles. The Balaban J connectivity index is 2.08. The number of amides is 1.